The highest BCUT2D eigenvalue weighted by molar-refractivity contribution is 5.88. The monoisotopic (exact) mass is 442 g/mol. The molecule has 0 amide bonds. The van der Waals surface area contributed by atoms with Crippen LogP contribution in [0.1, 0.15) is 53.9 Å². The van der Waals surface area contributed by atoms with Gasteiger partial charge in [0.2, 0.25) is 0 Å². The number of cyclic esters (lactones) is 1. The van der Waals surface area contributed by atoms with Crippen LogP contribution in [0.4, 0.5) is 0 Å². The number of carbonyl (C=O) groups is 2. The van der Waals surface area contributed by atoms with E-state index in [0.717, 1.165) is 18.1 Å². The van der Waals surface area contributed by atoms with Crippen molar-refractivity contribution in [3.05, 3.63) is 70.6 Å². The number of rotatable bonds is 8. The molecule has 2 N–H and O–H groups in total. The van der Waals surface area contributed by atoms with Crippen molar-refractivity contribution in [1.82, 2.24) is 0 Å². The highest BCUT2D eigenvalue weighted by Gasteiger charge is 2.35. The van der Waals surface area contributed by atoms with E-state index in [1.807, 2.05) is 19.1 Å². The van der Waals surface area contributed by atoms with Gasteiger partial charge in [-0.05, 0) is 56.6 Å². The molecular formula is C26H34O6. The van der Waals surface area contributed by atoms with Gasteiger partial charge in [0.15, 0.2) is 11.9 Å². The number of ether oxygens (including phenoxy) is 2. The normalized spacial score (nSPS) is 23.0. The van der Waals surface area contributed by atoms with Gasteiger partial charge in [-0.25, -0.2) is 9.59 Å². The zero-order valence-corrected chi connectivity index (χ0v) is 19.6. The molecule has 174 valence electrons. The van der Waals surface area contributed by atoms with Crippen LogP contribution in [0, 0.1) is 5.41 Å². The van der Waals surface area contributed by atoms with Gasteiger partial charge in [0.25, 0.3) is 0 Å². The summed E-state index contributed by atoms with van der Waals surface area (Å²) in [6, 6.07) is 0. The van der Waals surface area contributed by atoms with Crippen molar-refractivity contribution in [2.45, 2.75) is 66.1 Å². The molecule has 32 heavy (non-hydrogen) atoms. The van der Waals surface area contributed by atoms with Crippen LogP contribution in [-0.4, -0.2) is 41.0 Å². The molecular weight excluding hydrogens is 408 g/mol. The Kier molecular flexibility index (Phi) is 8.99. The smallest absolute Gasteiger partial charge is 0.336 e. The lowest BCUT2D eigenvalue weighted by atomic mass is 9.72. The number of hydrogen-bond acceptors (Lipinski definition) is 6. The van der Waals surface area contributed by atoms with E-state index in [-0.39, 0.29) is 11.2 Å². The molecule has 2 unspecified atom stereocenters. The van der Waals surface area contributed by atoms with Gasteiger partial charge in [0.1, 0.15) is 6.10 Å². The molecule has 1 heterocycles. The van der Waals surface area contributed by atoms with E-state index in [1.54, 1.807) is 13.0 Å². The molecule has 0 saturated heterocycles. The van der Waals surface area contributed by atoms with E-state index < -0.39 is 30.8 Å². The number of hydrogen-bond donors (Lipinski definition) is 2. The van der Waals surface area contributed by atoms with Gasteiger partial charge >= 0.3 is 11.9 Å². The Balaban J connectivity index is 1.97. The van der Waals surface area contributed by atoms with Crippen LogP contribution in [0.3, 0.4) is 0 Å². The van der Waals surface area contributed by atoms with Crippen molar-refractivity contribution in [3.63, 3.8) is 0 Å². The number of aliphatic hydroxyl groups is 2. The summed E-state index contributed by atoms with van der Waals surface area (Å²) in [6.45, 7) is 9.94. The number of carbonyl (C=O) groups excluding carboxylic acids is 2. The molecule has 0 fully saturated rings. The van der Waals surface area contributed by atoms with Crippen LogP contribution in [0.15, 0.2) is 70.6 Å². The van der Waals surface area contributed by atoms with Gasteiger partial charge in [-0.1, -0.05) is 55.4 Å². The Morgan fingerprint density at radius 1 is 1.31 bits per heavy atom. The van der Waals surface area contributed by atoms with Crippen molar-refractivity contribution in [2.75, 3.05) is 6.61 Å². The van der Waals surface area contributed by atoms with Crippen LogP contribution in [0.5, 0.6) is 0 Å². The Bertz CT molecular complexity index is 911. The summed E-state index contributed by atoms with van der Waals surface area (Å²) in [7, 11) is 0. The first-order valence-electron chi connectivity index (χ1n) is 10.9. The predicted molar refractivity (Wildman–Crippen MR) is 123 cm³/mol. The summed E-state index contributed by atoms with van der Waals surface area (Å²) in [6.07, 6.45) is 13.2. The predicted octanol–water partition coefficient (Wildman–Crippen LogP) is 4.22. The lowest BCUT2D eigenvalue weighted by Gasteiger charge is -2.32. The number of esters is 2. The molecule has 0 bridgehead atoms. The summed E-state index contributed by atoms with van der Waals surface area (Å²) in [5, 5.41) is 18.7. The minimum absolute atomic E-state index is 0.120. The zero-order chi connectivity index (χ0) is 23.9. The molecule has 0 aromatic heterocycles. The van der Waals surface area contributed by atoms with E-state index in [2.05, 4.69) is 32.9 Å². The number of allylic oxidation sites excluding steroid dienone is 9. The van der Waals surface area contributed by atoms with Gasteiger partial charge in [-0.3, -0.25) is 0 Å². The van der Waals surface area contributed by atoms with Gasteiger partial charge in [0, 0.05) is 6.08 Å². The average Bonchev–Trinajstić information content (AvgIpc) is 3.06. The van der Waals surface area contributed by atoms with Crippen molar-refractivity contribution >= 4 is 11.9 Å². The largest absolute Gasteiger partial charge is 0.448 e. The van der Waals surface area contributed by atoms with E-state index >= 15 is 0 Å². The van der Waals surface area contributed by atoms with E-state index in [0.29, 0.717) is 5.57 Å². The molecule has 1 aliphatic heterocycles. The molecule has 6 heteroatoms. The van der Waals surface area contributed by atoms with Gasteiger partial charge in [0.05, 0.1) is 12.7 Å². The fraction of sp³-hybridized carbons (Fsp3) is 0.462. The van der Waals surface area contributed by atoms with Crippen LogP contribution in [-0.2, 0) is 19.1 Å². The fourth-order valence-corrected chi connectivity index (χ4v) is 3.88. The van der Waals surface area contributed by atoms with Gasteiger partial charge in [-0.15, -0.1) is 0 Å². The van der Waals surface area contributed by atoms with Gasteiger partial charge < -0.3 is 19.7 Å². The van der Waals surface area contributed by atoms with Crippen LogP contribution >= 0.6 is 0 Å². The Morgan fingerprint density at radius 2 is 2.03 bits per heavy atom. The first-order chi connectivity index (χ1) is 15.0. The molecule has 0 radical (unpaired) electrons. The second-order valence-electron chi connectivity index (χ2n) is 9.00. The molecule has 1 aliphatic carbocycles. The molecule has 0 spiro atoms. The molecule has 6 nitrogen and oxygen atoms in total. The molecule has 0 aromatic carbocycles. The quantitative estimate of drug-likeness (QED) is 0.332. The summed E-state index contributed by atoms with van der Waals surface area (Å²) < 4.78 is 9.95. The zero-order valence-electron chi connectivity index (χ0n) is 19.6. The van der Waals surface area contributed by atoms with Crippen LogP contribution in [0.2, 0.25) is 0 Å². The Hall–Kier alpha value is -2.70. The molecule has 0 saturated carbocycles. The average molecular weight is 443 g/mol. The highest BCUT2D eigenvalue weighted by Crippen LogP contribution is 2.40. The van der Waals surface area contributed by atoms with E-state index in [4.69, 9.17) is 14.6 Å². The lowest BCUT2D eigenvalue weighted by molar-refractivity contribution is -0.148. The van der Waals surface area contributed by atoms with Crippen molar-refractivity contribution in [2.24, 2.45) is 5.41 Å². The van der Waals surface area contributed by atoms with Crippen molar-refractivity contribution in [3.8, 4) is 0 Å². The summed E-state index contributed by atoms with van der Waals surface area (Å²) in [5.74, 6) is -1.55. The second kappa shape index (κ2) is 11.2. The maximum atomic E-state index is 12.1. The summed E-state index contributed by atoms with van der Waals surface area (Å²) in [4.78, 5) is 23.5. The molecule has 2 aliphatic rings. The molecule has 0 aromatic rings. The first kappa shape index (κ1) is 25.6. The third-order valence-corrected chi connectivity index (χ3v) is 5.66. The van der Waals surface area contributed by atoms with Crippen molar-refractivity contribution in [1.29, 1.82) is 0 Å². The minimum Gasteiger partial charge on any atom is -0.448 e. The summed E-state index contributed by atoms with van der Waals surface area (Å²) in [5.41, 5.74) is 4.81. The summed E-state index contributed by atoms with van der Waals surface area (Å²) >= 11 is 0. The molecule has 2 atom stereocenters. The fourth-order valence-electron chi connectivity index (χ4n) is 3.88. The maximum Gasteiger partial charge on any atom is 0.336 e. The minimum atomic E-state index is -1.36. The van der Waals surface area contributed by atoms with E-state index in [1.165, 1.54) is 30.1 Å². The highest BCUT2D eigenvalue weighted by atomic mass is 16.6. The van der Waals surface area contributed by atoms with Gasteiger partial charge in [-0.2, -0.15) is 0 Å². The van der Waals surface area contributed by atoms with E-state index in [9.17, 15) is 14.7 Å². The standard InChI is InChI=1S/C26H34O6/c1-17(11-12-20-19(3)10-7-13-26(20,4)5)8-6-9-18(2)14-23(29)31-22-15-24(30)32-25(22)21(28)16-27/h6,8-9,11-12,14-15,21,25,27-28H,7,10,13,16H2,1-5H3/b9-6+,12-11+,17-8+,18-14+. The third-order valence-electron chi connectivity index (χ3n) is 5.66. The maximum absolute atomic E-state index is 12.1. The third kappa shape index (κ3) is 7.18. The van der Waals surface area contributed by atoms with Crippen LogP contribution < -0.4 is 0 Å². The Labute approximate surface area is 190 Å². The second-order valence-corrected chi connectivity index (χ2v) is 9.00. The van der Waals surface area contributed by atoms with Crippen LogP contribution in [0.25, 0.3) is 0 Å². The lowest BCUT2D eigenvalue weighted by Crippen LogP contribution is -2.32. The van der Waals surface area contributed by atoms with Crippen molar-refractivity contribution < 1.29 is 29.3 Å². The molecule has 2 rings (SSSR count). The Morgan fingerprint density at radius 3 is 2.69 bits per heavy atom. The first-order valence-corrected chi connectivity index (χ1v) is 10.9. The SMILES string of the molecule is CC1=C(/C=C/C(C)=C/C=C/C(C)=C/C(=O)OC2=CC(=O)OC2C(O)CO)C(C)(C)CCC1. The topological polar surface area (TPSA) is 93.1 Å². The number of aliphatic hydroxyl groups excluding tert-OH is 2.